The van der Waals surface area contributed by atoms with Crippen LogP contribution in [-0.2, 0) is 6.42 Å². The summed E-state index contributed by atoms with van der Waals surface area (Å²) in [6, 6.07) is 6.50. The van der Waals surface area contributed by atoms with Crippen molar-refractivity contribution in [3.8, 4) is 5.75 Å². The van der Waals surface area contributed by atoms with Gasteiger partial charge in [0.1, 0.15) is 5.75 Å². The molecule has 3 rings (SSSR count). The van der Waals surface area contributed by atoms with Crippen LogP contribution in [0.4, 0.5) is 8.78 Å². The van der Waals surface area contributed by atoms with Crippen molar-refractivity contribution in [2.75, 3.05) is 0 Å². The fourth-order valence-electron chi connectivity index (χ4n) is 3.46. The molecule has 2 N–H and O–H groups in total. The molecular weight excluding hydrogens is 356 g/mol. The SMILES string of the molecule is CCCCc1c(C(C)c2ccc(C)c(F)c2F)[nH]c2c(O)cc(Cl)cc12. The molecule has 0 aliphatic rings. The molecule has 138 valence electrons. The maximum atomic E-state index is 14.5. The zero-order valence-electron chi connectivity index (χ0n) is 15.1. The molecule has 0 aliphatic heterocycles. The van der Waals surface area contributed by atoms with E-state index in [0.29, 0.717) is 16.1 Å². The Kier molecular flexibility index (Phi) is 5.24. The molecule has 0 aliphatic carbocycles. The number of phenolic OH excluding ortho intramolecular Hbond substituents is 1. The second-order valence-corrected chi connectivity index (χ2v) is 7.23. The van der Waals surface area contributed by atoms with Crippen molar-refractivity contribution < 1.29 is 13.9 Å². The fourth-order valence-corrected chi connectivity index (χ4v) is 3.67. The largest absolute Gasteiger partial charge is 0.506 e. The summed E-state index contributed by atoms with van der Waals surface area (Å²) in [6.07, 6.45) is 2.72. The van der Waals surface area contributed by atoms with Crippen LogP contribution in [0.2, 0.25) is 5.02 Å². The Hall–Kier alpha value is -2.07. The number of hydrogen-bond acceptors (Lipinski definition) is 1. The van der Waals surface area contributed by atoms with Crippen molar-refractivity contribution in [2.24, 2.45) is 0 Å². The van der Waals surface area contributed by atoms with Gasteiger partial charge in [-0.15, -0.1) is 0 Å². The number of H-pyrrole nitrogens is 1. The molecule has 0 bridgehead atoms. The number of fused-ring (bicyclic) bond motifs is 1. The van der Waals surface area contributed by atoms with Crippen molar-refractivity contribution in [1.82, 2.24) is 4.98 Å². The van der Waals surface area contributed by atoms with Crippen molar-refractivity contribution in [2.45, 2.75) is 46.0 Å². The third kappa shape index (κ3) is 3.18. The molecule has 0 amide bonds. The van der Waals surface area contributed by atoms with Gasteiger partial charge < -0.3 is 10.1 Å². The van der Waals surface area contributed by atoms with Crippen molar-refractivity contribution >= 4 is 22.5 Å². The topological polar surface area (TPSA) is 36.0 Å². The number of aromatic hydroxyl groups is 1. The third-order valence-electron chi connectivity index (χ3n) is 4.98. The van der Waals surface area contributed by atoms with Gasteiger partial charge in [-0.1, -0.05) is 44.0 Å². The molecule has 1 aromatic heterocycles. The van der Waals surface area contributed by atoms with E-state index in [-0.39, 0.29) is 17.2 Å². The molecule has 2 nitrogen and oxygen atoms in total. The molecule has 0 spiro atoms. The molecule has 0 fully saturated rings. The van der Waals surface area contributed by atoms with Crippen LogP contribution in [0.15, 0.2) is 24.3 Å². The smallest absolute Gasteiger partial charge is 0.162 e. The van der Waals surface area contributed by atoms with Crippen molar-refractivity contribution in [1.29, 1.82) is 0 Å². The number of benzene rings is 2. The highest BCUT2D eigenvalue weighted by Gasteiger charge is 2.23. The highest BCUT2D eigenvalue weighted by atomic mass is 35.5. The van der Waals surface area contributed by atoms with E-state index < -0.39 is 11.6 Å². The first-order chi connectivity index (χ1) is 12.3. The number of halogens is 3. The van der Waals surface area contributed by atoms with E-state index in [0.717, 1.165) is 35.9 Å². The lowest BCUT2D eigenvalue weighted by Gasteiger charge is -2.15. The predicted molar refractivity (Wildman–Crippen MR) is 102 cm³/mol. The molecule has 26 heavy (non-hydrogen) atoms. The quantitative estimate of drug-likeness (QED) is 0.515. The standard InChI is InChI=1S/C21H22ClF2NO/c1-4-5-6-15-16-9-13(22)10-17(26)21(16)25-20(15)12(3)14-8-7-11(2)18(23)19(14)24/h7-10,12,25-26H,4-6H2,1-3H3. The van der Waals surface area contributed by atoms with E-state index in [1.807, 2.05) is 6.92 Å². The lowest BCUT2D eigenvalue weighted by Crippen LogP contribution is -2.05. The lowest BCUT2D eigenvalue weighted by atomic mass is 9.91. The summed E-state index contributed by atoms with van der Waals surface area (Å²) in [5, 5.41) is 11.5. The lowest BCUT2D eigenvalue weighted by molar-refractivity contribution is 0.480. The van der Waals surface area contributed by atoms with Gasteiger partial charge in [-0.25, -0.2) is 8.78 Å². The number of aromatic amines is 1. The van der Waals surface area contributed by atoms with E-state index in [9.17, 15) is 13.9 Å². The summed E-state index contributed by atoms with van der Waals surface area (Å²) in [7, 11) is 0. The van der Waals surface area contributed by atoms with Gasteiger partial charge in [-0.3, -0.25) is 0 Å². The molecule has 0 radical (unpaired) electrons. The first-order valence-electron chi connectivity index (χ1n) is 8.82. The number of unbranched alkanes of at least 4 members (excludes halogenated alkanes) is 1. The van der Waals surface area contributed by atoms with Crippen LogP contribution < -0.4 is 0 Å². The molecule has 2 aromatic carbocycles. The molecule has 5 heteroatoms. The number of nitrogens with one attached hydrogen (secondary N) is 1. The minimum Gasteiger partial charge on any atom is -0.506 e. The molecular formula is C21H22ClF2NO. The molecule has 1 unspecified atom stereocenters. The maximum absolute atomic E-state index is 14.5. The Bertz CT molecular complexity index is 965. The van der Waals surface area contributed by atoms with Crippen LogP contribution in [0.25, 0.3) is 10.9 Å². The maximum Gasteiger partial charge on any atom is 0.162 e. The second-order valence-electron chi connectivity index (χ2n) is 6.79. The Morgan fingerprint density at radius 2 is 1.92 bits per heavy atom. The van der Waals surface area contributed by atoms with Crippen LogP contribution in [0.3, 0.4) is 0 Å². The van der Waals surface area contributed by atoms with Gasteiger partial charge >= 0.3 is 0 Å². The van der Waals surface area contributed by atoms with E-state index >= 15 is 0 Å². The van der Waals surface area contributed by atoms with Crippen molar-refractivity contribution in [3.63, 3.8) is 0 Å². The average molecular weight is 378 g/mol. The average Bonchev–Trinajstić information content (AvgIpc) is 2.96. The van der Waals surface area contributed by atoms with Gasteiger partial charge in [0.05, 0.1) is 5.52 Å². The normalized spacial score (nSPS) is 12.7. The monoisotopic (exact) mass is 377 g/mol. The second kappa shape index (κ2) is 7.28. The van der Waals surface area contributed by atoms with E-state index in [2.05, 4.69) is 11.9 Å². The number of aromatic nitrogens is 1. The van der Waals surface area contributed by atoms with Crippen molar-refractivity contribution in [3.05, 3.63) is 63.3 Å². The Morgan fingerprint density at radius 3 is 2.62 bits per heavy atom. The van der Waals surface area contributed by atoms with E-state index in [4.69, 9.17) is 11.6 Å². The minimum atomic E-state index is -0.820. The zero-order valence-corrected chi connectivity index (χ0v) is 15.8. The fraction of sp³-hybridized carbons (Fsp3) is 0.333. The van der Waals surface area contributed by atoms with Gasteiger partial charge in [-0.2, -0.15) is 0 Å². The van der Waals surface area contributed by atoms with Gasteiger partial charge in [0.2, 0.25) is 0 Å². The summed E-state index contributed by atoms with van der Waals surface area (Å²) in [5.41, 5.74) is 2.93. The van der Waals surface area contributed by atoms with Gasteiger partial charge in [0.15, 0.2) is 11.6 Å². The number of aryl methyl sites for hydroxylation is 2. The predicted octanol–water partition coefficient (Wildman–Crippen LogP) is 6.61. The Labute approximate surface area is 156 Å². The number of hydrogen-bond donors (Lipinski definition) is 2. The van der Waals surface area contributed by atoms with Gasteiger partial charge in [0.25, 0.3) is 0 Å². The van der Waals surface area contributed by atoms with E-state index in [1.165, 1.54) is 6.07 Å². The van der Waals surface area contributed by atoms with Crippen LogP contribution in [0, 0.1) is 18.6 Å². The van der Waals surface area contributed by atoms with Gasteiger partial charge in [-0.05, 0) is 42.5 Å². The Balaban J connectivity index is 2.20. The molecule has 1 atom stereocenters. The summed E-state index contributed by atoms with van der Waals surface area (Å²) < 4.78 is 28.6. The van der Waals surface area contributed by atoms with Crippen LogP contribution in [0.1, 0.15) is 55.0 Å². The summed E-state index contributed by atoms with van der Waals surface area (Å²) in [5.74, 6) is -1.96. The molecule has 0 saturated heterocycles. The summed E-state index contributed by atoms with van der Waals surface area (Å²) >= 11 is 6.12. The first kappa shape index (κ1) is 18.7. The first-order valence-corrected chi connectivity index (χ1v) is 9.20. The highest BCUT2D eigenvalue weighted by Crippen LogP contribution is 2.38. The van der Waals surface area contributed by atoms with E-state index in [1.54, 1.807) is 25.1 Å². The van der Waals surface area contributed by atoms with Crippen LogP contribution in [-0.4, -0.2) is 10.1 Å². The number of phenols is 1. The zero-order chi connectivity index (χ0) is 19.0. The third-order valence-corrected chi connectivity index (χ3v) is 5.20. The Morgan fingerprint density at radius 1 is 1.19 bits per heavy atom. The number of rotatable bonds is 5. The molecule has 0 saturated carbocycles. The minimum absolute atomic E-state index is 0.0549. The van der Waals surface area contributed by atoms with Crippen LogP contribution in [0.5, 0.6) is 5.75 Å². The van der Waals surface area contributed by atoms with Gasteiger partial charge in [0, 0.05) is 28.1 Å². The highest BCUT2D eigenvalue weighted by molar-refractivity contribution is 6.31. The molecule has 1 heterocycles. The summed E-state index contributed by atoms with van der Waals surface area (Å²) in [6.45, 7) is 5.48. The molecule has 3 aromatic rings. The van der Waals surface area contributed by atoms with Crippen LogP contribution >= 0.6 is 11.6 Å². The summed E-state index contributed by atoms with van der Waals surface area (Å²) in [4.78, 5) is 3.23.